The predicted molar refractivity (Wildman–Crippen MR) is 58.6 cm³/mol. The topological polar surface area (TPSA) is 55.6 Å². The maximum absolute atomic E-state index is 13.1. The van der Waals surface area contributed by atoms with Gasteiger partial charge in [-0.1, -0.05) is 12.1 Å². The number of nitrogens with two attached hydrogens (primary N) is 1. The molecule has 0 saturated heterocycles. The Morgan fingerprint density at radius 3 is 2.81 bits per heavy atom. The van der Waals surface area contributed by atoms with Crippen molar-refractivity contribution in [3.63, 3.8) is 0 Å². The summed E-state index contributed by atoms with van der Waals surface area (Å²) in [5, 5.41) is 0. The molecule has 0 spiro atoms. The van der Waals surface area contributed by atoms with Gasteiger partial charge in [0, 0.05) is 6.54 Å². The monoisotopic (exact) mass is 226 g/mol. The lowest BCUT2D eigenvalue weighted by atomic mass is 10.3. The van der Waals surface area contributed by atoms with Crippen LogP contribution in [0.2, 0.25) is 0 Å². The van der Waals surface area contributed by atoms with Gasteiger partial charge in [-0.3, -0.25) is 9.69 Å². The fourth-order valence-electron chi connectivity index (χ4n) is 1.22. The molecule has 0 atom stereocenters. The molecule has 0 heterocycles. The van der Waals surface area contributed by atoms with Crippen LogP contribution in [-0.2, 0) is 4.79 Å². The van der Waals surface area contributed by atoms with Crippen LogP contribution in [0.3, 0.4) is 0 Å². The average molecular weight is 226 g/mol. The van der Waals surface area contributed by atoms with E-state index < -0.39 is 5.91 Å². The molecule has 1 amide bonds. The molecule has 1 aromatic carbocycles. The fraction of sp³-hybridized carbons (Fsp3) is 0.364. The lowest BCUT2D eigenvalue weighted by Crippen LogP contribution is -2.33. The maximum Gasteiger partial charge on any atom is 0.231 e. The second kappa shape index (κ2) is 6.07. The van der Waals surface area contributed by atoms with Crippen LogP contribution in [0.15, 0.2) is 24.3 Å². The first-order chi connectivity index (χ1) is 7.59. The van der Waals surface area contributed by atoms with Crippen molar-refractivity contribution < 1.29 is 13.9 Å². The molecule has 0 bridgehead atoms. The molecule has 16 heavy (non-hydrogen) atoms. The summed E-state index contributed by atoms with van der Waals surface area (Å²) in [6.07, 6.45) is 0. The molecular formula is C11H15FN2O2. The number of para-hydroxylation sites is 1. The third-order valence-corrected chi connectivity index (χ3v) is 1.99. The summed E-state index contributed by atoms with van der Waals surface area (Å²) in [6, 6.07) is 6.19. The molecule has 0 radical (unpaired) electrons. The first-order valence-electron chi connectivity index (χ1n) is 4.94. The molecule has 0 aliphatic heterocycles. The van der Waals surface area contributed by atoms with Crippen LogP contribution >= 0.6 is 0 Å². The van der Waals surface area contributed by atoms with E-state index in [0.29, 0.717) is 13.2 Å². The van der Waals surface area contributed by atoms with E-state index in [1.54, 1.807) is 30.1 Å². The van der Waals surface area contributed by atoms with Gasteiger partial charge >= 0.3 is 0 Å². The van der Waals surface area contributed by atoms with Crippen molar-refractivity contribution in [2.24, 2.45) is 5.73 Å². The standard InChI is InChI=1S/C11H15FN2O2/c1-14(8-11(13)15)6-7-16-10-5-3-2-4-9(10)12/h2-5H,6-8H2,1H3,(H2,13,15). The number of ether oxygens (including phenoxy) is 1. The van der Waals surface area contributed by atoms with Gasteiger partial charge in [0.1, 0.15) is 6.61 Å². The summed E-state index contributed by atoms with van der Waals surface area (Å²) in [4.78, 5) is 12.3. The number of hydrogen-bond acceptors (Lipinski definition) is 3. The van der Waals surface area contributed by atoms with Crippen LogP contribution < -0.4 is 10.5 Å². The van der Waals surface area contributed by atoms with Crippen LogP contribution in [0, 0.1) is 5.82 Å². The molecule has 1 aromatic rings. The number of hydrogen-bond donors (Lipinski definition) is 1. The van der Waals surface area contributed by atoms with Gasteiger partial charge < -0.3 is 10.5 Å². The first-order valence-corrected chi connectivity index (χ1v) is 4.94. The second-order valence-corrected chi connectivity index (χ2v) is 3.48. The van der Waals surface area contributed by atoms with Crippen molar-refractivity contribution in [3.05, 3.63) is 30.1 Å². The minimum Gasteiger partial charge on any atom is -0.489 e. The zero-order chi connectivity index (χ0) is 12.0. The Labute approximate surface area is 93.8 Å². The Balaban J connectivity index is 2.30. The second-order valence-electron chi connectivity index (χ2n) is 3.48. The summed E-state index contributed by atoms with van der Waals surface area (Å²) >= 11 is 0. The van der Waals surface area contributed by atoms with Gasteiger partial charge in [-0.05, 0) is 19.2 Å². The summed E-state index contributed by atoms with van der Waals surface area (Å²) in [7, 11) is 1.75. The van der Waals surface area contributed by atoms with Gasteiger partial charge in [-0.2, -0.15) is 0 Å². The van der Waals surface area contributed by atoms with E-state index in [0.717, 1.165) is 0 Å². The van der Waals surface area contributed by atoms with Gasteiger partial charge in [0.15, 0.2) is 11.6 Å². The van der Waals surface area contributed by atoms with Crippen molar-refractivity contribution in [1.29, 1.82) is 0 Å². The van der Waals surface area contributed by atoms with E-state index in [9.17, 15) is 9.18 Å². The highest BCUT2D eigenvalue weighted by Gasteiger charge is 2.04. The molecule has 5 heteroatoms. The summed E-state index contributed by atoms with van der Waals surface area (Å²) < 4.78 is 18.3. The van der Waals surface area contributed by atoms with Crippen LogP contribution in [-0.4, -0.2) is 37.6 Å². The highest BCUT2D eigenvalue weighted by Crippen LogP contribution is 2.14. The Morgan fingerprint density at radius 2 is 2.19 bits per heavy atom. The number of likely N-dealkylation sites (N-methyl/N-ethyl adjacent to an activating group) is 1. The Kier molecular flexibility index (Phi) is 4.72. The van der Waals surface area contributed by atoms with Gasteiger partial charge in [-0.15, -0.1) is 0 Å². The minimum atomic E-state index is -0.395. The molecule has 0 aliphatic carbocycles. The van der Waals surface area contributed by atoms with Crippen molar-refractivity contribution in [3.8, 4) is 5.75 Å². The number of benzene rings is 1. The molecule has 88 valence electrons. The Morgan fingerprint density at radius 1 is 1.50 bits per heavy atom. The molecule has 1 rings (SSSR count). The van der Waals surface area contributed by atoms with E-state index >= 15 is 0 Å². The highest BCUT2D eigenvalue weighted by molar-refractivity contribution is 5.75. The number of amides is 1. The number of primary amides is 1. The van der Waals surface area contributed by atoms with E-state index in [2.05, 4.69) is 0 Å². The molecule has 0 aliphatic rings. The molecule has 2 N–H and O–H groups in total. The fourth-order valence-corrected chi connectivity index (χ4v) is 1.22. The van der Waals surface area contributed by atoms with E-state index in [-0.39, 0.29) is 18.1 Å². The molecule has 0 saturated carbocycles. The number of carbonyl (C=O) groups excluding carboxylic acids is 1. The normalized spacial score (nSPS) is 10.4. The lowest BCUT2D eigenvalue weighted by molar-refractivity contribution is -0.118. The molecular weight excluding hydrogens is 211 g/mol. The minimum absolute atomic E-state index is 0.167. The van der Waals surface area contributed by atoms with Gasteiger partial charge in [-0.25, -0.2) is 4.39 Å². The van der Waals surface area contributed by atoms with Gasteiger partial charge in [0.2, 0.25) is 5.91 Å². The molecule has 0 unspecified atom stereocenters. The van der Waals surface area contributed by atoms with Crippen molar-refractivity contribution >= 4 is 5.91 Å². The number of rotatable bonds is 6. The van der Waals surface area contributed by atoms with Crippen LogP contribution in [0.1, 0.15) is 0 Å². The number of nitrogens with zero attached hydrogens (tertiary/aromatic N) is 1. The van der Waals surface area contributed by atoms with Gasteiger partial charge in [0.25, 0.3) is 0 Å². The number of carbonyl (C=O) groups is 1. The first kappa shape index (κ1) is 12.4. The lowest BCUT2D eigenvalue weighted by Gasteiger charge is -2.14. The smallest absolute Gasteiger partial charge is 0.231 e. The summed E-state index contributed by atoms with van der Waals surface area (Å²) in [5.74, 6) is -0.566. The van der Waals surface area contributed by atoms with E-state index in [4.69, 9.17) is 10.5 Å². The Bertz CT molecular complexity index is 358. The zero-order valence-corrected chi connectivity index (χ0v) is 9.15. The van der Waals surface area contributed by atoms with E-state index in [1.165, 1.54) is 6.07 Å². The maximum atomic E-state index is 13.1. The SMILES string of the molecule is CN(CCOc1ccccc1F)CC(N)=O. The van der Waals surface area contributed by atoms with Gasteiger partial charge in [0.05, 0.1) is 6.54 Å². The summed E-state index contributed by atoms with van der Waals surface area (Å²) in [5.41, 5.74) is 5.02. The third kappa shape index (κ3) is 4.27. The van der Waals surface area contributed by atoms with Crippen molar-refractivity contribution in [2.45, 2.75) is 0 Å². The third-order valence-electron chi connectivity index (χ3n) is 1.99. The average Bonchev–Trinajstić information content (AvgIpc) is 2.19. The zero-order valence-electron chi connectivity index (χ0n) is 9.15. The van der Waals surface area contributed by atoms with Crippen LogP contribution in [0.5, 0.6) is 5.75 Å². The van der Waals surface area contributed by atoms with Crippen molar-refractivity contribution in [2.75, 3.05) is 26.7 Å². The van der Waals surface area contributed by atoms with Crippen molar-refractivity contribution in [1.82, 2.24) is 4.90 Å². The van der Waals surface area contributed by atoms with Crippen LogP contribution in [0.25, 0.3) is 0 Å². The molecule has 4 nitrogen and oxygen atoms in total. The molecule has 0 aromatic heterocycles. The molecule has 0 fully saturated rings. The van der Waals surface area contributed by atoms with E-state index in [1.807, 2.05) is 0 Å². The predicted octanol–water partition coefficient (Wildman–Crippen LogP) is 0.622. The quantitative estimate of drug-likeness (QED) is 0.773. The van der Waals surface area contributed by atoms with Crippen LogP contribution in [0.4, 0.5) is 4.39 Å². The summed E-state index contributed by atoms with van der Waals surface area (Å²) in [6.45, 7) is 0.989. The number of halogens is 1. The highest BCUT2D eigenvalue weighted by atomic mass is 19.1. The largest absolute Gasteiger partial charge is 0.489 e. The Hall–Kier alpha value is -1.62.